The van der Waals surface area contributed by atoms with Crippen molar-refractivity contribution in [1.82, 2.24) is 20.4 Å². The minimum absolute atomic E-state index is 0.282. The Balaban J connectivity index is 1.85. The molecule has 1 aliphatic rings. The molecule has 5 heteroatoms. The molecule has 1 aromatic rings. The van der Waals surface area contributed by atoms with Crippen molar-refractivity contribution in [3.8, 4) is 0 Å². The van der Waals surface area contributed by atoms with Crippen molar-refractivity contribution in [1.29, 1.82) is 0 Å². The molecule has 0 aromatic carbocycles. The number of aromatic nitrogens is 2. The van der Waals surface area contributed by atoms with Crippen LogP contribution in [0.2, 0.25) is 0 Å². The van der Waals surface area contributed by atoms with Gasteiger partial charge in [-0.05, 0) is 32.5 Å². The van der Waals surface area contributed by atoms with Crippen molar-refractivity contribution in [2.24, 2.45) is 0 Å². The minimum atomic E-state index is 0.282. The van der Waals surface area contributed by atoms with Crippen LogP contribution in [-0.2, 0) is 6.42 Å². The molecule has 1 fully saturated rings. The molecule has 1 unspecified atom stereocenters. The van der Waals surface area contributed by atoms with Crippen LogP contribution in [-0.4, -0.2) is 41.2 Å². The van der Waals surface area contributed by atoms with Crippen LogP contribution in [0.1, 0.15) is 44.4 Å². The molecule has 1 aliphatic heterocycles. The smallest absolute Gasteiger partial charge is 0.243 e. The molecule has 1 atom stereocenters. The summed E-state index contributed by atoms with van der Waals surface area (Å²) in [6.07, 6.45) is 3.18. The summed E-state index contributed by atoms with van der Waals surface area (Å²) in [5.74, 6) is 1.60. The van der Waals surface area contributed by atoms with Crippen LogP contribution < -0.4 is 5.32 Å². The quantitative estimate of drug-likeness (QED) is 0.811. The molecule has 17 heavy (non-hydrogen) atoms. The Morgan fingerprint density at radius 2 is 2.24 bits per heavy atom. The van der Waals surface area contributed by atoms with Gasteiger partial charge in [-0.3, -0.25) is 0 Å². The largest absolute Gasteiger partial charge is 0.338 e. The van der Waals surface area contributed by atoms with Gasteiger partial charge in [-0.25, -0.2) is 0 Å². The summed E-state index contributed by atoms with van der Waals surface area (Å²) < 4.78 is 5.31. The molecule has 2 heterocycles. The summed E-state index contributed by atoms with van der Waals surface area (Å²) in [7, 11) is 0. The van der Waals surface area contributed by atoms with Crippen molar-refractivity contribution in [3.05, 3.63) is 11.7 Å². The third-order valence-electron chi connectivity index (χ3n) is 3.39. The average molecular weight is 238 g/mol. The molecule has 1 saturated heterocycles. The van der Waals surface area contributed by atoms with Crippen LogP contribution in [0.15, 0.2) is 4.52 Å². The van der Waals surface area contributed by atoms with Gasteiger partial charge in [0.15, 0.2) is 5.82 Å². The molecule has 0 bridgehead atoms. The van der Waals surface area contributed by atoms with Gasteiger partial charge >= 0.3 is 0 Å². The Kier molecular flexibility index (Phi) is 4.50. The maximum Gasteiger partial charge on any atom is 0.243 e. The summed E-state index contributed by atoms with van der Waals surface area (Å²) in [6, 6.07) is 0.282. The fraction of sp³-hybridized carbons (Fsp3) is 0.833. The van der Waals surface area contributed by atoms with Crippen molar-refractivity contribution >= 4 is 0 Å². The SMILES string of the molecule is CCN(CC)CCc1noc(C2CCCN2)n1. The van der Waals surface area contributed by atoms with Crippen LogP contribution in [0.4, 0.5) is 0 Å². The van der Waals surface area contributed by atoms with Crippen LogP contribution in [0.3, 0.4) is 0 Å². The number of nitrogens with zero attached hydrogens (tertiary/aromatic N) is 3. The van der Waals surface area contributed by atoms with E-state index in [0.29, 0.717) is 0 Å². The van der Waals surface area contributed by atoms with E-state index < -0.39 is 0 Å². The maximum atomic E-state index is 5.31. The Labute approximate surface area is 103 Å². The lowest BCUT2D eigenvalue weighted by Crippen LogP contribution is -2.25. The molecule has 0 saturated carbocycles. The zero-order chi connectivity index (χ0) is 12.1. The highest BCUT2D eigenvalue weighted by Gasteiger charge is 2.22. The van der Waals surface area contributed by atoms with Gasteiger partial charge in [0.1, 0.15) is 0 Å². The topological polar surface area (TPSA) is 54.2 Å². The van der Waals surface area contributed by atoms with Crippen LogP contribution in [0.5, 0.6) is 0 Å². The van der Waals surface area contributed by atoms with Crippen molar-refractivity contribution in [2.75, 3.05) is 26.2 Å². The van der Waals surface area contributed by atoms with E-state index in [1.54, 1.807) is 0 Å². The zero-order valence-corrected chi connectivity index (χ0v) is 10.8. The monoisotopic (exact) mass is 238 g/mol. The van der Waals surface area contributed by atoms with Gasteiger partial charge in [-0.2, -0.15) is 4.98 Å². The predicted octanol–water partition coefficient (Wildman–Crippen LogP) is 1.38. The van der Waals surface area contributed by atoms with Crippen molar-refractivity contribution in [2.45, 2.75) is 39.2 Å². The Morgan fingerprint density at radius 1 is 1.41 bits per heavy atom. The van der Waals surface area contributed by atoms with E-state index in [2.05, 4.69) is 34.2 Å². The van der Waals surface area contributed by atoms with E-state index in [-0.39, 0.29) is 6.04 Å². The van der Waals surface area contributed by atoms with E-state index in [1.807, 2.05) is 0 Å². The van der Waals surface area contributed by atoms with Gasteiger partial charge in [0.05, 0.1) is 6.04 Å². The zero-order valence-electron chi connectivity index (χ0n) is 10.8. The van der Waals surface area contributed by atoms with Gasteiger partial charge in [0, 0.05) is 13.0 Å². The number of nitrogens with one attached hydrogen (secondary N) is 1. The Hall–Kier alpha value is -0.940. The lowest BCUT2D eigenvalue weighted by Gasteiger charge is -2.16. The molecule has 0 aliphatic carbocycles. The third kappa shape index (κ3) is 3.26. The van der Waals surface area contributed by atoms with Gasteiger partial charge in [0.2, 0.25) is 5.89 Å². The van der Waals surface area contributed by atoms with E-state index in [1.165, 1.54) is 6.42 Å². The molecule has 0 radical (unpaired) electrons. The average Bonchev–Trinajstić information content (AvgIpc) is 3.01. The third-order valence-corrected chi connectivity index (χ3v) is 3.39. The molecular weight excluding hydrogens is 216 g/mol. The fourth-order valence-corrected chi connectivity index (χ4v) is 2.20. The molecule has 0 amide bonds. The normalized spacial score (nSPS) is 20.3. The molecule has 1 aromatic heterocycles. The Bertz CT molecular complexity index is 329. The van der Waals surface area contributed by atoms with Gasteiger partial charge in [-0.1, -0.05) is 19.0 Å². The lowest BCUT2D eigenvalue weighted by atomic mass is 10.2. The maximum absolute atomic E-state index is 5.31. The van der Waals surface area contributed by atoms with Gasteiger partial charge in [0.25, 0.3) is 0 Å². The Morgan fingerprint density at radius 3 is 2.88 bits per heavy atom. The van der Waals surface area contributed by atoms with E-state index in [0.717, 1.165) is 50.7 Å². The lowest BCUT2D eigenvalue weighted by molar-refractivity contribution is 0.301. The number of hydrogen-bond acceptors (Lipinski definition) is 5. The molecule has 0 spiro atoms. The summed E-state index contributed by atoms with van der Waals surface area (Å²) >= 11 is 0. The minimum Gasteiger partial charge on any atom is -0.338 e. The molecule has 2 rings (SSSR count). The second kappa shape index (κ2) is 6.12. The van der Waals surface area contributed by atoms with E-state index in [4.69, 9.17) is 4.52 Å². The first-order valence-corrected chi connectivity index (χ1v) is 6.61. The highest BCUT2D eigenvalue weighted by Crippen LogP contribution is 2.21. The molecule has 1 N–H and O–H groups in total. The van der Waals surface area contributed by atoms with Crippen LogP contribution >= 0.6 is 0 Å². The van der Waals surface area contributed by atoms with Gasteiger partial charge in [-0.15, -0.1) is 0 Å². The number of likely N-dealkylation sites (N-methyl/N-ethyl adjacent to an activating group) is 1. The number of hydrogen-bond donors (Lipinski definition) is 1. The summed E-state index contributed by atoms with van der Waals surface area (Å²) in [5.41, 5.74) is 0. The molecular formula is C12H22N4O. The van der Waals surface area contributed by atoms with Gasteiger partial charge < -0.3 is 14.7 Å². The molecule has 5 nitrogen and oxygen atoms in total. The molecule has 96 valence electrons. The standard InChI is InChI=1S/C12H22N4O/c1-3-16(4-2)9-7-11-14-12(17-15-11)10-6-5-8-13-10/h10,13H,3-9H2,1-2H3. The van der Waals surface area contributed by atoms with E-state index >= 15 is 0 Å². The first-order valence-electron chi connectivity index (χ1n) is 6.61. The van der Waals surface area contributed by atoms with Crippen LogP contribution in [0, 0.1) is 0 Å². The summed E-state index contributed by atoms with van der Waals surface area (Å²) in [4.78, 5) is 6.83. The fourth-order valence-electron chi connectivity index (χ4n) is 2.20. The number of rotatable bonds is 6. The van der Waals surface area contributed by atoms with E-state index in [9.17, 15) is 0 Å². The van der Waals surface area contributed by atoms with Crippen molar-refractivity contribution in [3.63, 3.8) is 0 Å². The van der Waals surface area contributed by atoms with Crippen molar-refractivity contribution < 1.29 is 4.52 Å². The van der Waals surface area contributed by atoms with Crippen LogP contribution in [0.25, 0.3) is 0 Å². The predicted molar refractivity (Wildman–Crippen MR) is 65.8 cm³/mol. The second-order valence-electron chi connectivity index (χ2n) is 4.47. The first-order chi connectivity index (χ1) is 8.33. The highest BCUT2D eigenvalue weighted by atomic mass is 16.5. The highest BCUT2D eigenvalue weighted by molar-refractivity contribution is 4.95. The summed E-state index contributed by atoms with van der Waals surface area (Å²) in [5, 5.41) is 7.42. The summed E-state index contributed by atoms with van der Waals surface area (Å²) in [6.45, 7) is 8.56. The second-order valence-corrected chi connectivity index (χ2v) is 4.47. The first kappa shape index (κ1) is 12.5.